The molecule has 21 heavy (non-hydrogen) atoms. The topological polar surface area (TPSA) is 97.5 Å². The SMILES string of the molecule is CCc1ccc([C@H]2[C@H](S(=O)(=O)CC)[C@@]2(CN)C(=O)O)cc1. The van der Waals surface area contributed by atoms with Crippen LogP contribution in [0.4, 0.5) is 0 Å². The number of hydrogen-bond acceptors (Lipinski definition) is 4. The van der Waals surface area contributed by atoms with Crippen molar-refractivity contribution >= 4 is 15.8 Å². The summed E-state index contributed by atoms with van der Waals surface area (Å²) in [5.41, 5.74) is 6.13. The lowest BCUT2D eigenvalue weighted by atomic mass is 9.98. The minimum atomic E-state index is -3.46. The van der Waals surface area contributed by atoms with Crippen molar-refractivity contribution < 1.29 is 18.3 Å². The Hall–Kier alpha value is -1.40. The van der Waals surface area contributed by atoms with Crippen molar-refractivity contribution in [1.29, 1.82) is 0 Å². The van der Waals surface area contributed by atoms with E-state index >= 15 is 0 Å². The monoisotopic (exact) mass is 311 g/mol. The Morgan fingerprint density at radius 3 is 2.24 bits per heavy atom. The summed E-state index contributed by atoms with van der Waals surface area (Å²) in [5, 5.41) is 8.60. The fraction of sp³-hybridized carbons (Fsp3) is 0.533. The average molecular weight is 311 g/mol. The first kappa shape index (κ1) is 16.0. The van der Waals surface area contributed by atoms with Gasteiger partial charge >= 0.3 is 5.97 Å². The zero-order chi connectivity index (χ0) is 15.8. The molecule has 3 atom stereocenters. The van der Waals surface area contributed by atoms with Gasteiger partial charge in [-0.2, -0.15) is 0 Å². The summed E-state index contributed by atoms with van der Waals surface area (Å²) in [6.45, 7) is 3.39. The molecular weight excluding hydrogens is 290 g/mol. The molecule has 0 radical (unpaired) electrons. The lowest BCUT2D eigenvalue weighted by Gasteiger charge is -2.09. The first-order valence-corrected chi connectivity index (χ1v) is 8.80. The van der Waals surface area contributed by atoms with Crippen molar-refractivity contribution in [2.24, 2.45) is 11.1 Å². The lowest BCUT2D eigenvalue weighted by Crippen LogP contribution is -2.32. The molecule has 1 aliphatic carbocycles. The molecule has 1 fully saturated rings. The first-order valence-electron chi connectivity index (χ1n) is 7.09. The Morgan fingerprint density at radius 1 is 1.29 bits per heavy atom. The second-order valence-corrected chi connectivity index (χ2v) is 7.91. The fourth-order valence-electron chi connectivity index (χ4n) is 3.13. The predicted octanol–water partition coefficient (Wildman–Crippen LogP) is 1.18. The minimum Gasteiger partial charge on any atom is -0.481 e. The molecule has 0 unspecified atom stereocenters. The zero-order valence-corrected chi connectivity index (χ0v) is 13.1. The van der Waals surface area contributed by atoms with Crippen molar-refractivity contribution in [2.75, 3.05) is 12.3 Å². The summed E-state index contributed by atoms with van der Waals surface area (Å²) in [5.74, 6) is -1.76. The molecular formula is C15H21NO4S. The van der Waals surface area contributed by atoms with E-state index in [2.05, 4.69) is 0 Å². The van der Waals surface area contributed by atoms with E-state index in [0.717, 1.165) is 17.5 Å². The highest BCUT2D eigenvalue weighted by Crippen LogP contribution is 2.62. The maximum absolute atomic E-state index is 12.2. The van der Waals surface area contributed by atoms with Gasteiger partial charge in [-0.1, -0.05) is 38.1 Å². The molecule has 0 bridgehead atoms. The Bertz CT molecular complexity index is 638. The van der Waals surface area contributed by atoms with Gasteiger partial charge in [0.2, 0.25) is 0 Å². The van der Waals surface area contributed by atoms with Gasteiger partial charge in [0.1, 0.15) is 5.41 Å². The number of aliphatic carboxylic acids is 1. The van der Waals surface area contributed by atoms with Gasteiger partial charge in [0.15, 0.2) is 9.84 Å². The smallest absolute Gasteiger partial charge is 0.312 e. The number of carbonyl (C=O) groups is 1. The van der Waals surface area contributed by atoms with Crippen LogP contribution in [0.3, 0.4) is 0 Å². The van der Waals surface area contributed by atoms with E-state index in [1.54, 1.807) is 0 Å². The normalized spacial score (nSPS) is 28.3. The number of aryl methyl sites for hydroxylation is 1. The van der Waals surface area contributed by atoms with Crippen molar-refractivity contribution in [2.45, 2.75) is 31.4 Å². The number of rotatable bonds is 6. The van der Waals surface area contributed by atoms with Crippen LogP contribution in [0.5, 0.6) is 0 Å². The van der Waals surface area contributed by atoms with Crippen molar-refractivity contribution in [3.8, 4) is 0 Å². The summed E-state index contributed by atoms with van der Waals surface area (Å²) < 4.78 is 24.5. The number of hydrogen-bond donors (Lipinski definition) is 2. The molecule has 0 aromatic heterocycles. The van der Waals surface area contributed by atoms with Gasteiger partial charge in [-0.25, -0.2) is 8.42 Å². The molecule has 0 aliphatic heterocycles. The number of nitrogens with two attached hydrogens (primary N) is 1. The summed E-state index contributed by atoms with van der Waals surface area (Å²) >= 11 is 0. The average Bonchev–Trinajstić information content (AvgIpc) is 3.19. The zero-order valence-electron chi connectivity index (χ0n) is 12.2. The van der Waals surface area contributed by atoms with Crippen LogP contribution in [-0.2, 0) is 21.1 Å². The molecule has 1 saturated carbocycles. The second-order valence-electron chi connectivity index (χ2n) is 5.49. The van der Waals surface area contributed by atoms with Gasteiger partial charge in [-0.15, -0.1) is 0 Å². The largest absolute Gasteiger partial charge is 0.481 e. The number of sulfone groups is 1. The van der Waals surface area contributed by atoms with Gasteiger partial charge in [0, 0.05) is 18.2 Å². The van der Waals surface area contributed by atoms with Gasteiger partial charge in [0.25, 0.3) is 0 Å². The van der Waals surface area contributed by atoms with Gasteiger partial charge in [0.05, 0.1) is 5.25 Å². The minimum absolute atomic E-state index is 0.0732. The highest BCUT2D eigenvalue weighted by molar-refractivity contribution is 7.92. The molecule has 1 aromatic carbocycles. The third kappa shape index (κ3) is 2.36. The summed E-state index contributed by atoms with van der Waals surface area (Å²) in [6, 6.07) is 7.46. The van der Waals surface area contributed by atoms with E-state index in [1.165, 1.54) is 6.92 Å². The van der Waals surface area contributed by atoms with Gasteiger partial charge < -0.3 is 10.8 Å². The number of carboxylic acids is 1. The fourth-order valence-corrected chi connectivity index (χ4v) is 5.21. The molecule has 6 heteroatoms. The highest BCUT2D eigenvalue weighted by atomic mass is 32.2. The van der Waals surface area contributed by atoms with E-state index < -0.39 is 32.4 Å². The number of benzene rings is 1. The Kier molecular flexibility index (Phi) is 4.13. The van der Waals surface area contributed by atoms with E-state index in [1.807, 2.05) is 31.2 Å². The molecule has 0 saturated heterocycles. The maximum Gasteiger partial charge on any atom is 0.312 e. The number of carboxylic acid groups (broad SMARTS) is 1. The Balaban J connectivity index is 2.47. The third-order valence-corrected chi connectivity index (χ3v) is 6.80. The van der Waals surface area contributed by atoms with Crippen LogP contribution in [0.15, 0.2) is 24.3 Å². The van der Waals surface area contributed by atoms with Gasteiger partial charge in [-0.3, -0.25) is 4.79 Å². The van der Waals surface area contributed by atoms with Crippen LogP contribution in [0.25, 0.3) is 0 Å². The molecule has 0 heterocycles. The summed E-state index contributed by atoms with van der Waals surface area (Å²) in [4.78, 5) is 11.6. The van der Waals surface area contributed by atoms with E-state index in [0.29, 0.717) is 0 Å². The quantitative estimate of drug-likeness (QED) is 0.822. The molecule has 116 valence electrons. The molecule has 1 aromatic rings. The van der Waals surface area contributed by atoms with Crippen LogP contribution in [0.1, 0.15) is 30.9 Å². The predicted molar refractivity (Wildman–Crippen MR) is 80.9 cm³/mol. The van der Waals surface area contributed by atoms with Crippen molar-refractivity contribution in [3.05, 3.63) is 35.4 Å². The Labute approximate surface area is 125 Å². The highest BCUT2D eigenvalue weighted by Gasteiger charge is 2.74. The molecule has 0 amide bonds. The van der Waals surface area contributed by atoms with E-state index in [9.17, 15) is 18.3 Å². The van der Waals surface area contributed by atoms with E-state index in [-0.39, 0.29) is 12.3 Å². The van der Waals surface area contributed by atoms with Crippen LogP contribution in [-0.4, -0.2) is 37.0 Å². The third-order valence-electron chi connectivity index (χ3n) is 4.53. The van der Waals surface area contributed by atoms with Crippen molar-refractivity contribution in [1.82, 2.24) is 0 Å². The summed E-state index contributed by atoms with van der Waals surface area (Å²) in [6.07, 6.45) is 0.878. The molecule has 1 aliphatic rings. The standard InChI is InChI=1S/C15H21NO4S/c1-3-10-5-7-11(8-6-10)12-13(21(19,20)4-2)15(12,9-16)14(17)18/h5-8,12-13H,3-4,9,16H2,1-2H3,(H,17,18)/t12-,13-,15-/m0/s1. The van der Waals surface area contributed by atoms with Crippen LogP contribution in [0, 0.1) is 5.41 Å². The molecule has 5 nitrogen and oxygen atoms in total. The van der Waals surface area contributed by atoms with Crippen LogP contribution >= 0.6 is 0 Å². The molecule has 2 rings (SSSR count). The lowest BCUT2D eigenvalue weighted by molar-refractivity contribution is -0.143. The Morgan fingerprint density at radius 2 is 1.86 bits per heavy atom. The van der Waals surface area contributed by atoms with Crippen LogP contribution in [0.2, 0.25) is 0 Å². The molecule has 0 spiro atoms. The van der Waals surface area contributed by atoms with Crippen LogP contribution < -0.4 is 5.73 Å². The summed E-state index contributed by atoms with van der Waals surface area (Å²) in [7, 11) is -3.46. The second kappa shape index (κ2) is 5.42. The van der Waals surface area contributed by atoms with Crippen molar-refractivity contribution in [3.63, 3.8) is 0 Å². The first-order chi connectivity index (χ1) is 9.85. The maximum atomic E-state index is 12.2. The van der Waals surface area contributed by atoms with E-state index in [4.69, 9.17) is 5.73 Å². The molecule has 3 N–H and O–H groups in total. The van der Waals surface area contributed by atoms with Gasteiger partial charge in [-0.05, 0) is 17.5 Å².